The van der Waals surface area contributed by atoms with Gasteiger partial charge in [0.15, 0.2) is 0 Å². The van der Waals surface area contributed by atoms with Crippen LogP contribution in [0.5, 0.6) is 0 Å². The minimum absolute atomic E-state index is 0.0728. The van der Waals surface area contributed by atoms with Gasteiger partial charge in [-0.25, -0.2) is 0 Å². The fourth-order valence-electron chi connectivity index (χ4n) is 5.00. The zero-order valence-corrected chi connectivity index (χ0v) is 9.75. The van der Waals surface area contributed by atoms with Gasteiger partial charge in [0.05, 0.1) is 6.42 Å². The summed E-state index contributed by atoms with van der Waals surface area (Å²) in [5.74, 6) is 1.05. The van der Waals surface area contributed by atoms with E-state index in [2.05, 4.69) is 10.0 Å². The molecule has 0 aromatic carbocycles. The van der Waals surface area contributed by atoms with E-state index >= 15 is 0 Å². The monoisotopic (exact) mass is 235 g/mol. The number of carboxylic acid groups (broad SMARTS) is 1. The Morgan fingerprint density at radius 3 is 2.53 bits per heavy atom. The van der Waals surface area contributed by atoms with Crippen LogP contribution in [-0.4, -0.2) is 17.1 Å². The van der Waals surface area contributed by atoms with Crippen LogP contribution in [0.2, 0.25) is 0 Å². The average Bonchev–Trinajstić information content (AvgIpc) is 2.21. The number of aliphatic carboxylic acids is 1. The van der Waals surface area contributed by atoms with Gasteiger partial charge in [-0.3, -0.25) is 4.79 Å². The number of nitrogens with zero attached hydrogens (tertiary/aromatic N) is 3. The van der Waals surface area contributed by atoms with Gasteiger partial charge >= 0.3 is 5.97 Å². The fourth-order valence-corrected chi connectivity index (χ4v) is 5.00. The molecule has 1 N–H and O–H groups in total. The minimum Gasteiger partial charge on any atom is -0.481 e. The second-order valence-electron chi connectivity index (χ2n) is 6.19. The lowest BCUT2D eigenvalue weighted by molar-refractivity contribution is -0.147. The Balaban J connectivity index is 1.96. The maximum Gasteiger partial charge on any atom is 0.303 e. The maximum atomic E-state index is 11.1. The van der Waals surface area contributed by atoms with E-state index in [0.717, 1.165) is 25.7 Å². The molecule has 0 spiro atoms. The van der Waals surface area contributed by atoms with E-state index in [4.69, 9.17) is 10.6 Å². The first kappa shape index (κ1) is 10.9. The van der Waals surface area contributed by atoms with E-state index < -0.39 is 5.97 Å². The lowest BCUT2D eigenvalue weighted by Crippen LogP contribution is -2.55. The van der Waals surface area contributed by atoms with Crippen molar-refractivity contribution < 1.29 is 9.90 Å². The SMILES string of the molecule is [N-]=[N+]=N[C@@H]1C2CC3CC(C2)CC1(CC(=O)O)C3. The van der Waals surface area contributed by atoms with Gasteiger partial charge < -0.3 is 5.11 Å². The smallest absolute Gasteiger partial charge is 0.303 e. The summed E-state index contributed by atoms with van der Waals surface area (Å²) in [7, 11) is 0. The quantitative estimate of drug-likeness (QED) is 0.463. The molecule has 0 saturated heterocycles. The molecule has 5 heteroatoms. The molecule has 0 aromatic heterocycles. The van der Waals surface area contributed by atoms with Crippen LogP contribution in [0.1, 0.15) is 38.5 Å². The van der Waals surface area contributed by atoms with Gasteiger partial charge in [-0.1, -0.05) is 5.11 Å². The third-order valence-corrected chi connectivity index (χ3v) is 5.08. The van der Waals surface area contributed by atoms with Crippen molar-refractivity contribution in [1.29, 1.82) is 0 Å². The van der Waals surface area contributed by atoms with Crippen molar-refractivity contribution in [2.75, 3.05) is 0 Å². The van der Waals surface area contributed by atoms with Gasteiger partial charge in [0.2, 0.25) is 0 Å². The summed E-state index contributed by atoms with van der Waals surface area (Å²) in [6.07, 6.45) is 5.64. The van der Waals surface area contributed by atoms with Crippen molar-refractivity contribution in [1.82, 2.24) is 0 Å². The van der Waals surface area contributed by atoms with Gasteiger partial charge in [0, 0.05) is 11.0 Å². The molecule has 92 valence electrons. The highest BCUT2D eigenvalue weighted by atomic mass is 16.4. The Labute approximate surface area is 99.8 Å². The van der Waals surface area contributed by atoms with E-state index in [0.29, 0.717) is 17.8 Å². The van der Waals surface area contributed by atoms with Crippen LogP contribution in [0, 0.1) is 23.2 Å². The molecule has 5 nitrogen and oxygen atoms in total. The van der Waals surface area contributed by atoms with Crippen molar-refractivity contribution in [2.45, 2.75) is 44.6 Å². The Hall–Kier alpha value is -1.22. The topological polar surface area (TPSA) is 86.1 Å². The van der Waals surface area contributed by atoms with Crippen LogP contribution in [0.25, 0.3) is 10.4 Å². The summed E-state index contributed by atoms with van der Waals surface area (Å²) in [5, 5.41) is 13.1. The van der Waals surface area contributed by atoms with Crippen molar-refractivity contribution in [3.05, 3.63) is 10.4 Å². The molecule has 4 fully saturated rings. The van der Waals surface area contributed by atoms with Crippen LogP contribution >= 0.6 is 0 Å². The molecule has 0 heterocycles. The van der Waals surface area contributed by atoms with Crippen LogP contribution in [0.3, 0.4) is 0 Å². The first-order valence-electron chi connectivity index (χ1n) is 6.39. The number of rotatable bonds is 3. The van der Waals surface area contributed by atoms with Crippen LogP contribution in [-0.2, 0) is 4.79 Å². The molecule has 2 unspecified atom stereocenters. The van der Waals surface area contributed by atoms with E-state index in [9.17, 15) is 4.79 Å². The predicted octanol–water partition coefficient (Wildman–Crippen LogP) is 2.97. The molecule has 17 heavy (non-hydrogen) atoms. The molecule has 4 bridgehead atoms. The van der Waals surface area contributed by atoms with Crippen LogP contribution in [0.15, 0.2) is 5.11 Å². The molecule has 0 radical (unpaired) electrons. The fraction of sp³-hybridized carbons (Fsp3) is 0.917. The average molecular weight is 235 g/mol. The third kappa shape index (κ3) is 1.61. The van der Waals surface area contributed by atoms with Gasteiger partial charge in [-0.05, 0) is 60.8 Å². The van der Waals surface area contributed by atoms with E-state index in [-0.39, 0.29) is 17.9 Å². The number of carbonyl (C=O) groups is 1. The predicted molar refractivity (Wildman–Crippen MR) is 61.2 cm³/mol. The van der Waals surface area contributed by atoms with Crippen molar-refractivity contribution in [3.63, 3.8) is 0 Å². The van der Waals surface area contributed by atoms with E-state index in [1.807, 2.05) is 0 Å². The zero-order valence-electron chi connectivity index (χ0n) is 9.75. The second-order valence-corrected chi connectivity index (χ2v) is 6.19. The van der Waals surface area contributed by atoms with Gasteiger partial charge in [0.1, 0.15) is 0 Å². The molecule has 4 rings (SSSR count). The Morgan fingerprint density at radius 1 is 1.35 bits per heavy atom. The Bertz CT molecular complexity index is 389. The standard InChI is InChI=1S/C12H17N3O2/c13-15-14-11-9-2-7-1-8(3-9)5-12(11,4-7)6-10(16)17/h7-9,11H,1-6H2,(H,16,17)/t7?,8?,9?,11-,12?/m1/s1. The van der Waals surface area contributed by atoms with Crippen molar-refractivity contribution in [3.8, 4) is 0 Å². The number of carboxylic acids is 1. The number of hydrogen-bond donors (Lipinski definition) is 1. The first-order chi connectivity index (χ1) is 8.13. The van der Waals surface area contributed by atoms with E-state index in [1.165, 1.54) is 6.42 Å². The molecule has 4 saturated carbocycles. The summed E-state index contributed by atoms with van der Waals surface area (Å²) in [4.78, 5) is 14.1. The molecule has 0 aromatic rings. The van der Waals surface area contributed by atoms with Crippen LogP contribution in [0.4, 0.5) is 0 Å². The number of azide groups is 1. The van der Waals surface area contributed by atoms with Crippen LogP contribution < -0.4 is 0 Å². The van der Waals surface area contributed by atoms with Gasteiger partial charge in [0.25, 0.3) is 0 Å². The molecular formula is C12H17N3O2. The molecule has 3 atom stereocenters. The Morgan fingerprint density at radius 2 is 2.00 bits per heavy atom. The lowest BCUT2D eigenvalue weighted by atomic mass is 9.46. The van der Waals surface area contributed by atoms with Crippen molar-refractivity contribution >= 4 is 5.97 Å². The molecule has 0 aliphatic heterocycles. The summed E-state index contributed by atoms with van der Waals surface area (Å²) in [6.45, 7) is 0. The van der Waals surface area contributed by atoms with Gasteiger partial charge in [-0.2, -0.15) is 0 Å². The highest BCUT2D eigenvalue weighted by Crippen LogP contribution is 2.62. The largest absolute Gasteiger partial charge is 0.481 e. The molecule has 0 amide bonds. The first-order valence-corrected chi connectivity index (χ1v) is 6.39. The molecule has 4 aliphatic rings. The summed E-state index contributed by atoms with van der Waals surface area (Å²) < 4.78 is 0. The lowest BCUT2D eigenvalue weighted by Gasteiger charge is -2.59. The summed E-state index contributed by atoms with van der Waals surface area (Å²) in [5.41, 5.74) is 8.48. The molecular weight excluding hydrogens is 218 g/mol. The van der Waals surface area contributed by atoms with E-state index in [1.54, 1.807) is 0 Å². The third-order valence-electron chi connectivity index (χ3n) is 5.08. The maximum absolute atomic E-state index is 11.1. The number of hydrogen-bond acceptors (Lipinski definition) is 2. The summed E-state index contributed by atoms with van der Waals surface area (Å²) >= 11 is 0. The highest BCUT2D eigenvalue weighted by Gasteiger charge is 2.57. The molecule has 4 aliphatic carbocycles. The zero-order chi connectivity index (χ0) is 12.0. The highest BCUT2D eigenvalue weighted by molar-refractivity contribution is 5.68. The normalized spacial score (nSPS) is 46.6. The second kappa shape index (κ2) is 3.64. The van der Waals surface area contributed by atoms with Crippen molar-refractivity contribution in [2.24, 2.45) is 28.3 Å². The Kier molecular flexibility index (Phi) is 2.33. The van der Waals surface area contributed by atoms with Gasteiger partial charge in [-0.15, -0.1) is 0 Å². The summed E-state index contributed by atoms with van der Waals surface area (Å²) in [6, 6.07) is -0.0728. The minimum atomic E-state index is -0.745.